The van der Waals surface area contributed by atoms with Crippen LogP contribution in [0.4, 0.5) is 11.8 Å². The molecule has 2 N–H and O–H groups in total. The fourth-order valence-electron chi connectivity index (χ4n) is 3.03. The Morgan fingerprint density at radius 2 is 1.78 bits per heavy atom. The molecule has 0 aliphatic carbocycles. The number of benzene rings is 1. The molecule has 0 radical (unpaired) electrons. The number of nitrogens with two attached hydrogens (primary N) is 1. The van der Waals surface area contributed by atoms with Crippen molar-refractivity contribution in [1.82, 2.24) is 15.0 Å². The molecule has 1 aromatic carbocycles. The summed E-state index contributed by atoms with van der Waals surface area (Å²) in [5.41, 5.74) is 6.89. The van der Waals surface area contributed by atoms with E-state index in [2.05, 4.69) is 14.9 Å². The Morgan fingerprint density at radius 3 is 2.44 bits per heavy atom. The van der Waals surface area contributed by atoms with Gasteiger partial charge in [0.25, 0.3) is 0 Å². The van der Waals surface area contributed by atoms with E-state index in [-0.39, 0.29) is 0 Å². The van der Waals surface area contributed by atoms with Crippen molar-refractivity contribution in [1.29, 1.82) is 0 Å². The van der Waals surface area contributed by atoms with E-state index in [9.17, 15) is 0 Å². The number of rotatable bonds is 5. The lowest BCUT2D eigenvalue weighted by atomic mass is 10.2. The van der Waals surface area contributed by atoms with Crippen LogP contribution in [0.25, 0.3) is 10.9 Å². The summed E-state index contributed by atoms with van der Waals surface area (Å²) < 4.78 is 15.9. The first-order valence-electron chi connectivity index (χ1n) is 8.58. The summed E-state index contributed by atoms with van der Waals surface area (Å²) in [7, 11) is 3.17. The first kappa shape index (κ1) is 17.2. The van der Waals surface area contributed by atoms with Gasteiger partial charge in [-0.1, -0.05) is 0 Å². The van der Waals surface area contributed by atoms with Crippen molar-refractivity contribution in [2.75, 3.05) is 51.0 Å². The van der Waals surface area contributed by atoms with Crippen molar-refractivity contribution in [3.05, 3.63) is 30.5 Å². The predicted octanol–water partition coefficient (Wildman–Crippen LogP) is 1.94. The van der Waals surface area contributed by atoms with Crippen LogP contribution in [0.2, 0.25) is 0 Å². The normalized spacial score (nSPS) is 15.1. The number of hydroxylamine groups is 2. The molecule has 9 nitrogen and oxygen atoms in total. The van der Waals surface area contributed by atoms with Crippen LogP contribution >= 0.6 is 0 Å². The minimum Gasteiger partial charge on any atom is -0.493 e. The molecule has 9 heteroatoms. The van der Waals surface area contributed by atoms with E-state index in [0.717, 1.165) is 5.39 Å². The molecule has 2 aromatic heterocycles. The molecule has 3 heterocycles. The van der Waals surface area contributed by atoms with E-state index in [1.165, 1.54) is 0 Å². The van der Waals surface area contributed by atoms with Gasteiger partial charge in [-0.3, -0.25) is 0 Å². The van der Waals surface area contributed by atoms with E-state index in [1.54, 1.807) is 38.7 Å². The number of ether oxygens (including phenoxy) is 2. The van der Waals surface area contributed by atoms with Crippen LogP contribution in [-0.2, 0) is 0 Å². The molecule has 0 atom stereocenters. The number of nitrogens with zero attached hydrogens (tertiary/aromatic N) is 4. The number of nitrogen functional groups attached to an aromatic ring is 1. The van der Waals surface area contributed by atoms with Gasteiger partial charge in [0.2, 0.25) is 5.95 Å². The third-order valence-corrected chi connectivity index (χ3v) is 4.45. The topological polar surface area (TPSA) is 99.1 Å². The Morgan fingerprint density at radius 1 is 1.04 bits per heavy atom. The lowest BCUT2D eigenvalue weighted by Crippen LogP contribution is -2.48. The zero-order chi connectivity index (χ0) is 18.8. The second-order valence-corrected chi connectivity index (χ2v) is 6.07. The summed E-state index contributed by atoms with van der Waals surface area (Å²) in [4.78, 5) is 16.9. The summed E-state index contributed by atoms with van der Waals surface area (Å²) >= 11 is 0. The van der Waals surface area contributed by atoms with Gasteiger partial charge in [-0.15, -0.1) is 5.06 Å². The lowest BCUT2D eigenvalue weighted by molar-refractivity contribution is -0.0800. The number of methoxy groups -OCH3 is 2. The van der Waals surface area contributed by atoms with E-state index in [4.69, 9.17) is 24.5 Å². The highest BCUT2D eigenvalue weighted by Gasteiger charge is 2.22. The van der Waals surface area contributed by atoms with E-state index >= 15 is 0 Å². The summed E-state index contributed by atoms with van der Waals surface area (Å²) in [6, 6.07) is 7.18. The number of furan rings is 1. The molecule has 3 aromatic rings. The monoisotopic (exact) mass is 371 g/mol. The molecular formula is C18H21N5O4. The van der Waals surface area contributed by atoms with Crippen molar-refractivity contribution >= 4 is 22.7 Å². The third kappa shape index (κ3) is 3.41. The van der Waals surface area contributed by atoms with Gasteiger partial charge >= 0.3 is 5.95 Å². The van der Waals surface area contributed by atoms with Gasteiger partial charge in [-0.05, 0) is 12.1 Å². The van der Waals surface area contributed by atoms with Crippen molar-refractivity contribution < 1.29 is 18.7 Å². The standard InChI is InChI=1S/C18H21N5O4/c1-24-14-10-12-13(11-15(14)25-2)20-18(21-17(12)19)22-5-7-23(8-6-22)27-16-4-3-9-26-16/h3-4,9-11H,5-8H2,1-2H3,(H2,19,20,21). The van der Waals surface area contributed by atoms with Crippen molar-refractivity contribution in [3.8, 4) is 17.4 Å². The van der Waals surface area contributed by atoms with Crippen LogP contribution in [0.5, 0.6) is 17.4 Å². The maximum atomic E-state index is 6.17. The molecule has 1 aliphatic rings. The van der Waals surface area contributed by atoms with Crippen LogP contribution in [0.1, 0.15) is 0 Å². The Hall–Kier alpha value is -3.20. The number of hydrogen-bond donors (Lipinski definition) is 1. The summed E-state index contributed by atoms with van der Waals surface area (Å²) in [5, 5.41) is 2.59. The molecule has 0 saturated carbocycles. The summed E-state index contributed by atoms with van der Waals surface area (Å²) in [6.07, 6.45) is 1.58. The minimum atomic E-state index is 0.408. The van der Waals surface area contributed by atoms with Crippen LogP contribution in [-0.4, -0.2) is 55.4 Å². The Bertz CT molecular complexity index is 923. The van der Waals surface area contributed by atoms with Gasteiger partial charge in [0, 0.05) is 30.6 Å². The number of piperazine rings is 1. The molecule has 0 spiro atoms. The van der Waals surface area contributed by atoms with Gasteiger partial charge in [0.05, 0.1) is 39.1 Å². The van der Waals surface area contributed by atoms with Crippen LogP contribution in [0, 0.1) is 0 Å². The van der Waals surface area contributed by atoms with E-state index in [1.807, 2.05) is 11.1 Å². The molecular weight excluding hydrogens is 350 g/mol. The van der Waals surface area contributed by atoms with E-state index < -0.39 is 0 Å². The number of hydrogen-bond acceptors (Lipinski definition) is 9. The molecule has 1 aliphatic heterocycles. The van der Waals surface area contributed by atoms with E-state index in [0.29, 0.717) is 60.9 Å². The Balaban J connectivity index is 1.54. The molecule has 1 saturated heterocycles. The predicted molar refractivity (Wildman–Crippen MR) is 100 cm³/mol. The summed E-state index contributed by atoms with van der Waals surface area (Å²) in [6.45, 7) is 2.79. The van der Waals surface area contributed by atoms with Gasteiger partial charge < -0.3 is 29.4 Å². The van der Waals surface area contributed by atoms with Crippen LogP contribution in [0.15, 0.2) is 34.9 Å². The molecule has 142 valence electrons. The Labute approximate surface area is 156 Å². The van der Waals surface area contributed by atoms with Gasteiger partial charge in [-0.2, -0.15) is 4.98 Å². The van der Waals surface area contributed by atoms with Crippen molar-refractivity contribution in [2.24, 2.45) is 0 Å². The average molecular weight is 371 g/mol. The second kappa shape index (κ2) is 7.20. The quantitative estimate of drug-likeness (QED) is 0.721. The first-order valence-corrected chi connectivity index (χ1v) is 8.58. The second-order valence-electron chi connectivity index (χ2n) is 6.07. The molecule has 0 amide bonds. The van der Waals surface area contributed by atoms with Crippen molar-refractivity contribution in [3.63, 3.8) is 0 Å². The lowest BCUT2D eigenvalue weighted by Gasteiger charge is -2.33. The van der Waals surface area contributed by atoms with Crippen LogP contribution < -0.4 is 24.9 Å². The fourth-order valence-corrected chi connectivity index (χ4v) is 3.03. The zero-order valence-electron chi connectivity index (χ0n) is 15.2. The third-order valence-electron chi connectivity index (χ3n) is 4.45. The zero-order valence-corrected chi connectivity index (χ0v) is 15.2. The molecule has 0 bridgehead atoms. The Kier molecular flexibility index (Phi) is 4.59. The molecule has 1 fully saturated rings. The highest BCUT2D eigenvalue weighted by atomic mass is 16.7. The first-order chi connectivity index (χ1) is 13.2. The molecule has 4 rings (SSSR count). The van der Waals surface area contributed by atoms with Gasteiger partial charge in [0.15, 0.2) is 11.5 Å². The number of anilines is 2. The minimum absolute atomic E-state index is 0.408. The molecule has 27 heavy (non-hydrogen) atoms. The van der Waals surface area contributed by atoms with Gasteiger partial charge in [-0.25, -0.2) is 4.98 Å². The summed E-state index contributed by atoms with van der Waals surface area (Å²) in [5.74, 6) is 2.67. The maximum absolute atomic E-state index is 6.17. The smallest absolute Gasteiger partial charge is 0.304 e. The van der Waals surface area contributed by atoms with Gasteiger partial charge in [0.1, 0.15) is 5.82 Å². The number of fused-ring (bicyclic) bond motifs is 1. The maximum Gasteiger partial charge on any atom is 0.304 e. The average Bonchev–Trinajstić information content (AvgIpc) is 3.20. The number of aromatic nitrogens is 2. The highest BCUT2D eigenvalue weighted by Crippen LogP contribution is 2.34. The molecule has 0 unspecified atom stereocenters. The fraction of sp³-hybridized carbons (Fsp3) is 0.333. The van der Waals surface area contributed by atoms with Crippen molar-refractivity contribution in [2.45, 2.75) is 0 Å². The largest absolute Gasteiger partial charge is 0.493 e. The highest BCUT2D eigenvalue weighted by molar-refractivity contribution is 5.91. The van der Waals surface area contributed by atoms with Crippen LogP contribution in [0.3, 0.4) is 0 Å². The SMILES string of the molecule is COc1cc2nc(N3CCN(Oc4ccco4)CC3)nc(N)c2cc1OC.